The molecule has 2 aliphatic rings. The highest BCUT2D eigenvalue weighted by atomic mass is 16.5. The number of esters is 1. The van der Waals surface area contributed by atoms with Crippen molar-refractivity contribution in [2.75, 3.05) is 0 Å². The van der Waals surface area contributed by atoms with Gasteiger partial charge >= 0.3 is 5.97 Å². The largest absolute Gasteiger partial charge is 0.427 e. The van der Waals surface area contributed by atoms with Crippen LogP contribution in [0.2, 0.25) is 0 Å². The fourth-order valence-corrected chi connectivity index (χ4v) is 4.01. The van der Waals surface area contributed by atoms with Crippen LogP contribution in [-0.2, 0) is 16.0 Å². The summed E-state index contributed by atoms with van der Waals surface area (Å²) in [5.41, 5.74) is 2.62. The fourth-order valence-electron chi connectivity index (χ4n) is 4.01. The predicted molar refractivity (Wildman–Crippen MR) is 112 cm³/mol. The molecule has 0 aromatic heterocycles. The molecular weight excluding hydrogens is 332 g/mol. The van der Waals surface area contributed by atoms with E-state index in [1.165, 1.54) is 46.4 Å². The van der Waals surface area contributed by atoms with E-state index in [-0.39, 0.29) is 5.97 Å². The summed E-state index contributed by atoms with van der Waals surface area (Å²) in [4.78, 5) is 12.1. The van der Waals surface area contributed by atoms with E-state index in [2.05, 4.69) is 49.4 Å². The number of carbonyl (C=O) groups excluding carboxylic acids is 1. The maximum Gasteiger partial charge on any atom is 0.311 e. The van der Waals surface area contributed by atoms with Gasteiger partial charge in [0.25, 0.3) is 0 Å². The van der Waals surface area contributed by atoms with Crippen LogP contribution < -0.4 is 10.4 Å². The molecule has 0 radical (unpaired) electrons. The molecule has 0 unspecified atom stereocenters. The Hall–Kier alpha value is -2.61. The van der Waals surface area contributed by atoms with Crippen LogP contribution in [0.25, 0.3) is 29.0 Å². The van der Waals surface area contributed by atoms with Crippen molar-refractivity contribution in [3.8, 4) is 0 Å². The Bertz CT molecular complexity index is 1050. The minimum atomic E-state index is -0.114. The average molecular weight is 358 g/mol. The van der Waals surface area contributed by atoms with Gasteiger partial charge in [-0.3, -0.25) is 4.79 Å². The van der Waals surface area contributed by atoms with Crippen molar-refractivity contribution in [3.63, 3.8) is 0 Å². The van der Waals surface area contributed by atoms with E-state index in [1.807, 2.05) is 12.2 Å². The Kier molecular flexibility index (Phi) is 5.24. The van der Waals surface area contributed by atoms with Gasteiger partial charge in [-0.1, -0.05) is 75.1 Å². The Morgan fingerprint density at radius 1 is 1.00 bits per heavy atom. The third-order valence-corrected chi connectivity index (χ3v) is 5.48. The maximum absolute atomic E-state index is 12.1. The van der Waals surface area contributed by atoms with E-state index in [0.717, 1.165) is 24.5 Å². The Morgan fingerprint density at radius 3 is 2.70 bits per heavy atom. The highest BCUT2D eigenvalue weighted by Gasteiger charge is 2.13. The third kappa shape index (κ3) is 3.75. The second kappa shape index (κ2) is 7.96. The number of fused-ring (bicyclic) bond motifs is 5. The third-order valence-electron chi connectivity index (χ3n) is 5.48. The smallest absolute Gasteiger partial charge is 0.311 e. The molecule has 2 heteroatoms. The molecule has 2 aliphatic carbocycles. The normalized spacial score (nSPS) is 14.2. The first-order valence-electron chi connectivity index (χ1n) is 10.1. The van der Waals surface area contributed by atoms with Gasteiger partial charge in [0.1, 0.15) is 5.76 Å². The van der Waals surface area contributed by atoms with Gasteiger partial charge < -0.3 is 4.74 Å². The van der Waals surface area contributed by atoms with Crippen LogP contribution >= 0.6 is 0 Å². The van der Waals surface area contributed by atoms with Crippen molar-refractivity contribution in [2.45, 2.75) is 51.9 Å². The monoisotopic (exact) mass is 358 g/mol. The van der Waals surface area contributed by atoms with Gasteiger partial charge in [0.2, 0.25) is 0 Å². The minimum absolute atomic E-state index is 0.114. The summed E-state index contributed by atoms with van der Waals surface area (Å²) in [5.74, 6) is 0.575. The molecule has 0 aliphatic heterocycles. The average Bonchev–Trinajstić information content (AvgIpc) is 3.16. The zero-order valence-corrected chi connectivity index (χ0v) is 16.0. The molecule has 2 aromatic rings. The van der Waals surface area contributed by atoms with Crippen LogP contribution in [0.4, 0.5) is 0 Å². The number of hydrogen-bond acceptors (Lipinski definition) is 2. The number of unbranched alkanes of at least 4 members (excludes halogenated alkanes) is 4. The van der Waals surface area contributed by atoms with Gasteiger partial charge in [-0.25, -0.2) is 0 Å². The molecule has 2 nitrogen and oxygen atoms in total. The topological polar surface area (TPSA) is 26.3 Å². The fraction of sp³-hybridized carbons (Fsp3) is 0.320. The van der Waals surface area contributed by atoms with Crippen LogP contribution in [-0.4, -0.2) is 5.97 Å². The van der Waals surface area contributed by atoms with E-state index in [9.17, 15) is 4.79 Å². The Morgan fingerprint density at radius 2 is 1.81 bits per heavy atom. The second-order valence-corrected chi connectivity index (χ2v) is 7.42. The van der Waals surface area contributed by atoms with Crippen molar-refractivity contribution in [3.05, 3.63) is 63.7 Å². The highest BCUT2D eigenvalue weighted by Crippen LogP contribution is 2.23. The summed E-state index contributed by atoms with van der Waals surface area (Å²) in [7, 11) is 0. The molecule has 138 valence electrons. The summed E-state index contributed by atoms with van der Waals surface area (Å²) in [6.07, 6.45) is 17.5. The minimum Gasteiger partial charge on any atom is -0.427 e. The van der Waals surface area contributed by atoms with Gasteiger partial charge in [0, 0.05) is 6.42 Å². The molecule has 0 amide bonds. The number of benzene rings is 2. The Labute approximate surface area is 160 Å². The first kappa shape index (κ1) is 17.8. The van der Waals surface area contributed by atoms with Gasteiger partial charge in [0.05, 0.1) is 0 Å². The molecule has 0 bridgehead atoms. The highest BCUT2D eigenvalue weighted by molar-refractivity contribution is 5.96. The zero-order chi connectivity index (χ0) is 18.6. The number of ether oxygens (including phenoxy) is 1. The van der Waals surface area contributed by atoms with Crippen molar-refractivity contribution < 1.29 is 9.53 Å². The Balaban J connectivity index is 1.49. The van der Waals surface area contributed by atoms with Gasteiger partial charge in [-0.05, 0) is 57.3 Å². The van der Waals surface area contributed by atoms with Crippen LogP contribution in [0.5, 0.6) is 0 Å². The van der Waals surface area contributed by atoms with Gasteiger partial charge in [0.15, 0.2) is 0 Å². The number of allylic oxidation sites excluding steroid dienone is 3. The second-order valence-electron chi connectivity index (χ2n) is 7.42. The molecule has 0 N–H and O–H groups in total. The standard InChI is InChI=1S/C25H26O2/c1-2-3-4-5-6-10-25(26)27-20-13-16-22-19(17-20)12-15-23-21-9-7-8-18(21)11-14-24(22)23/h7-9,11-15,17H,2-6,10,16H2,1H3. The number of hydrogen-bond donors (Lipinski definition) is 0. The maximum atomic E-state index is 12.1. The molecule has 2 aromatic carbocycles. The number of rotatable bonds is 7. The summed E-state index contributed by atoms with van der Waals surface area (Å²) in [6, 6.07) is 8.74. The first-order valence-corrected chi connectivity index (χ1v) is 10.1. The first-order chi connectivity index (χ1) is 13.3. The van der Waals surface area contributed by atoms with Gasteiger partial charge in [-0.2, -0.15) is 0 Å². The molecule has 0 heterocycles. The van der Waals surface area contributed by atoms with E-state index < -0.39 is 0 Å². The lowest BCUT2D eigenvalue weighted by molar-refractivity contribution is -0.138. The van der Waals surface area contributed by atoms with Crippen LogP contribution in [0, 0.1) is 0 Å². The van der Waals surface area contributed by atoms with Gasteiger partial charge in [-0.15, -0.1) is 0 Å². The number of carbonyl (C=O) groups is 1. The molecule has 4 rings (SSSR count). The summed E-state index contributed by atoms with van der Waals surface area (Å²) in [5, 5.41) is 5.03. The molecule has 0 spiro atoms. The molecule has 0 saturated carbocycles. The zero-order valence-electron chi connectivity index (χ0n) is 16.0. The van der Waals surface area contributed by atoms with Crippen molar-refractivity contribution in [1.82, 2.24) is 0 Å². The lowest BCUT2D eigenvalue weighted by Crippen LogP contribution is -2.16. The quantitative estimate of drug-likeness (QED) is 0.526. The van der Waals surface area contributed by atoms with Crippen LogP contribution in [0.15, 0.2) is 42.2 Å². The van der Waals surface area contributed by atoms with Crippen molar-refractivity contribution >= 4 is 35.0 Å². The lowest BCUT2D eigenvalue weighted by atomic mass is 9.94. The van der Waals surface area contributed by atoms with Crippen molar-refractivity contribution in [1.29, 1.82) is 0 Å². The lowest BCUT2D eigenvalue weighted by Gasteiger charge is -2.14. The van der Waals surface area contributed by atoms with Crippen molar-refractivity contribution in [2.24, 2.45) is 0 Å². The van der Waals surface area contributed by atoms with E-state index in [1.54, 1.807) is 0 Å². The predicted octanol–water partition coefficient (Wildman–Crippen LogP) is 4.77. The molecule has 0 fully saturated rings. The molecular formula is C25H26O2. The van der Waals surface area contributed by atoms with E-state index in [0.29, 0.717) is 12.2 Å². The summed E-state index contributed by atoms with van der Waals surface area (Å²) >= 11 is 0. The molecule has 0 saturated heterocycles. The summed E-state index contributed by atoms with van der Waals surface area (Å²) < 4.78 is 5.59. The van der Waals surface area contributed by atoms with Crippen LogP contribution in [0.1, 0.15) is 56.6 Å². The van der Waals surface area contributed by atoms with E-state index >= 15 is 0 Å². The van der Waals surface area contributed by atoms with E-state index in [4.69, 9.17) is 4.74 Å². The summed E-state index contributed by atoms with van der Waals surface area (Å²) in [6.45, 7) is 2.20. The SMILES string of the molecule is CCCCCCCC(=O)OC1=CCc2c(ccc3c4c(ccc23)=CC=C4)=C1. The molecule has 0 atom stereocenters. The van der Waals surface area contributed by atoms with Crippen LogP contribution in [0.3, 0.4) is 0 Å². The molecule has 27 heavy (non-hydrogen) atoms.